The molecule has 2 N–H and O–H groups in total. The summed E-state index contributed by atoms with van der Waals surface area (Å²) in [6.07, 6.45) is 2.04. The molecule has 1 unspecified atom stereocenters. The maximum absolute atomic E-state index is 5.95. The van der Waals surface area contributed by atoms with Gasteiger partial charge in [-0.3, -0.25) is 5.32 Å². The highest BCUT2D eigenvalue weighted by atomic mass is 16.4. The third-order valence-electron chi connectivity index (χ3n) is 4.58. The molecule has 0 saturated heterocycles. The van der Waals surface area contributed by atoms with Crippen molar-refractivity contribution < 1.29 is 4.42 Å². The molecule has 0 aliphatic rings. The Morgan fingerprint density at radius 1 is 1.04 bits per heavy atom. The number of aromatic nitrogens is 2. The van der Waals surface area contributed by atoms with Crippen molar-refractivity contribution in [2.24, 2.45) is 0 Å². The minimum atomic E-state index is -0.108. The molecule has 25 heavy (non-hydrogen) atoms. The lowest BCUT2D eigenvalue weighted by Crippen LogP contribution is -2.22. The smallest absolute Gasteiger partial charge is 0.216 e. The highest BCUT2D eigenvalue weighted by Gasteiger charge is 2.23. The average Bonchev–Trinajstić information content (AvgIpc) is 3.20. The van der Waals surface area contributed by atoms with E-state index in [9.17, 15) is 0 Å². The molecule has 0 aliphatic carbocycles. The van der Waals surface area contributed by atoms with Gasteiger partial charge in [-0.15, -0.1) is 0 Å². The molecule has 0 radical (unpaired) electrons. The highest BCUT2D eigenvalue weighted by Crippen LogP contribution is 2.29. The van der Waals surface area contributed by atoms with E-state index in [1.807, 2.05) is 32.2 Å². The van der Waals surface area contributed by atoms with E-state index >= 15 is 0 Å². The summed E-state index contributed by atoms with van der Waals surface area (Å²) < 4.78 is 5.95. The molecule has 2 aromatic carbocycles. The van der Waals surface area contributed by atoms with Gasteiger partial charge in [0.2, 0.25) is 5.89 Å². The van der Waals surface area contributed by atoms with Crippen LogP contribution in [-0.2, 0) is 6.54 Å². The predicted molar refractivity (Wildman–Crippen MR) is 99.4 cm³/mol. The van der Waals surface area contributed by atoms with Crippen LogP contribution in [0, 0.1) is 13.8 Å². The van der Waals surface area contributed by atoms with Crippen LogP contribution in [0.15, 0.2) is 65.2 Å². The lowest BCUT2D eigenvalue weighted by Gasteiger charge is -2.15. The molecule has 126 valence electrons. The summed E-state index contributed by atoms with van der Waals surface area (Å²) in [4.78, 5) is 7.99. The number of oxazole rings is 1. The van der Waals surface area contributed by atoms with Crippen LogP contribution < -0.4 is 5.32 Å². The second-order valence-corrected chi connectivity index (χ2v) is 6.28. The standard InChI is InChI=1S/C21H21N3O/c1-14-15(2)25-21(24-14)20(23-12-16-8-4-3-5-9-16)18-13-22-19-11-7-6-10-17(18)19/h3-11,13,20,22-23H,12H2,1-2H3. The normalized spacial score (nSPS) is 12.6. The molecule has 4 rings (SSSR count). The second kappa shape index (κ2) is 6.57. The van der Waals surface area contributed by atoms with E-state index in [4.69, 9.17) is 4.42 Å². The fraction of sp³-hybridized carbons (Fsp3) is 0.190. The van der Waals surface area contributed by atoms with Crippen molar-refractivity contribution in [3.63, 3.8) is 0 Å². The molecule has 0 aliphatic heterocycles. The van der Waals surface area contributed by atoms with E-state index in [0.717, 1.165) is 29.1 Å². The van der Waals surface area contributed by atoms with Gasteiger partial charge in [0.05, 0.1) is 5.69 Å². The largest absolute Gasteiger partial charge is 0.444 e. The number of fused-ring (bicyclic) bond motifs is 1. The van der Waals surface area contributed by atoms with Crippen molar-refractivity contribution >= 4 is 10.9 Å². The van der Waals surface area contributed by atoms with E-state index in [2.05, 4.69) is 57.7 Å². The minimum absolute atomic E-state index is 0.108. The Kier molecular flexibility index (Phi) is 4.12. The zero-order chi connectivity index (χ0) is 17.2. The van der Waals surface area contributed by atoms with Crippen molar-refractivity contribution in [1.82, 2.24) is 15.3 Å². The molecular weight excluding hydrogens is 310 g/mol. The zero-order valence-corrected chi connectivity index (χ0v) is 14.4. The number of rotatable bonds is 5. The lowest BCUT2D eigenvalue weighted by atomic mass is 10.1. The first kappa shape index (κ1) is 15.7. The van der Waals surface area contributed by atoms with Gasteiger partial charge in [-0.05, 0) is 25.5 Å². The molecule has 0 bridgehead atoms. The van der Waals surface area contributed by atoms with Gasteiger partial charge in [0, 0.05) is 29.2 Å². The third kappa shape index (κ3) is 3.08. The first-order valence-corrected chi connectivity index (χ1v) is 8.49. The quantitative estimate of drug-likeness (QED) is 0.559. The molecule has 2 aromatic heterocycles. The summed E-state index contributed by atoms with van der Waals surface area (Å²) in [6.45, 7) is 4.67. The summed E-state index contributed by atoms with van der Waals surface area (Å²) in [7, 11) is 0. The van der Waals surface area contributed by atoms with Gasteiger partial charge in [-0.1, -0.05) is 48.5 Å². The van der Waals surface area contributed by atoms with Crippen LogP contribution in [0.4, 0.5) is 0 Å². The van der Waals surface area contributed by atoms with Gasteiger partial charge in [0.1, 0.15) is 11.8 Å². The van der Waals surface area contributed by atoms with Gasteiger partial charge in [0.15, 0.2) is 0 Å². The third-order valence-corrected chi connectivity index (χ3v) is 4.58. The first-order valence-electron chi connectivity index (χ1n) is 8.49. The number of nitrogens with zero attached hydrogens (tertiary/aromatic N) is 1. The van der Waals surface area contributed by atoms with Crippen molar-refractivity contribution in [2.45, 2.75) is 26.4 Å². The summed E-state index contributed by atoms with van der Waals surface area (Å²) in [5.74, 6) is 1.57. The predicted octanol–water partition coefficient (Wildman–Crippen LogP) is 4.65. The number of hydrogen-bond donors (Lipinski definition) is 2. The summed E-state index contributed by atoms with van der Waals surface area (Å²) in [6, 6.07) is 18.6. The van der Waals surface area contributed by atoms with E-state index in [1.165, 1.54) is 10.9 Å². The molecule has 4 heteroatoms. The molecule has 0 amide bonds. The minimum Gasteiger partial charge on any atom is -0.444 e. The van der Waals surface area contributed by atoms with Gasteiger partial charge in [-0.2, -0.15) is 0 Å². The molecule has 4 nitrogen and oxygen atoms in total. The molecule has 0 spiro atoms. The topological polar surface area (TPSA) is 53.9 Å². The van der Waals surface area contributed by atoms with Crippen LogP contribution in [0.5, 0.6) is 0 Å². The SMILES string of the molecule is Cc1nc(C(NCc2ccccc2)c2c[nH]c3ccccc23)oc1C. The van der Waals surface area contributed by atoms with Crippen molar-refractivity contribution in [1.29, 1.82) is 0 Å². The second-order valence-electron chi connectivity index (χ2n) is 6.28. The maximum atomic E-state index is 5.95. The Labute approximate surface area is 146 Å². The molecule has 0 fully saturated rings. The average molecular weight is 331 g/mol. The fourth-order valence-electron chi connectivity index (χ4n) is 3.10. The van der Waals surface area contributed by atoms with Gasteiger partial charge >= 0.3 is 0 Å². The Morgan fingerprint density at radius 3 is 2.56 bits per heavy atom. The first-order chi connectivity index (χ1) is 12.2. The number of hydrogen-bond acceptors (Lipinski definition) is 3. The Hall–Kier alpha value is -2.85. The maximum Gasteiger partial charge on any atom is 0.216 e. The van der Waals surface area contributed by atoms with Crippen LogP contribution >= 0.6 is 0 Å². The van der Waals surface area contributed by atoms with E-state index in [0.29, 0.717) is 5.89 Å². The van der Waals surface area contributed by atoms with E-state index in [1.54, 1.807) is 0 Å². The van der Waals surface area contributed by atoms with E-state index in [-0.39, 0.29) is 6.04 Å². The van der Waals surface area contributed by atoms with Crippen LogP contribution in [-0.4, -0.2) is 9.97 Å². The fourth-order valence-corrected chi connectivity index (χ4v) is 3.10. The van der Waals surface area contributed by atoms with Crippen molar-refractivity contribution in [2.75, 3.05) is 0 Å². The van der Waals surface area contributed by atoms with Crippen molar-refractivity contribution in [3.8, 4) is 0 Å². The number of benzene rings is 2. The van der Waals surface area contributed by atoms with Crippen LogP contribution in [0.1, 0.15) is 34.5 Å². The Morgan fingerprint density at radius 2 is 1.80 bits per heavy atom. The summed E-state index contributed by atoms with van der Waals surface area (Å²) in [5, 5.41) is 4.79. The monoisotopic (exact) mass is 331 g/mol. The molecule has 4 aromatic rings. The number of aromatic amines is 1. The van der Waals surface area contributed by atoms with Crippen LogP contribution in [0.2, 0.25) is 0 Å². The lowest BCUT2D eigenvalue weighted by molar-refractivity contribution is 0.417. The Bertz CT molecular complexity index is 965. The van der Waals surface area contributed by atoms with Crippen LogP contribution in [0.25, 0.3) is 10.9 Å². The highest BCUT2D eigenvalue weighted by molar-refractivity contribution is 5.83. The van der Waals surface area contributed by atoms with E-state index < -0.39 is 0 Å². The van der Waals surface area contributed by atoms with Gasteiger partial charge < -0.3 is 9.40 Å². The molecular formula is C21H21N3O. The Balaban J connectivity index is 1.73. The zero-order valence-electron chi connectivity index (χ0n) is 14.4. The number of H-pyrrole nitrogens is 1. The molecule has 1 atom stereocenters. The van der Waals surface area contributed by atoms with Gasteiger partial charge in [-0.25, -0.2) is 4.98 Å². The number of nitrogens with one attached hydrogen (secondary N) is 2. The summed E-state index contributed by atoms with van der Waals surface area (Å²) >= 11 is 0. The van der Waals surface area contributed by atoms with Crippen LogP contribution in [0.3, 0.4) is 0 Å². The van der Waals surface area contributed by atoms with Crippen molar-refractivity contribution in [3.05, 3.63) is 89.3 Å². The number of para-hydroxylation sites is 1. The molecule has 2 heterocycles. The number of aryl methyl sites for hydroxylation is 2. The molecule has 0 saturated carbocycles. The van der Waals surface area contributed by atoms with Gasteiger partial charge in [0.25, 0.3) is 0 Å². The summed E-state index contributed by atoms with van der Waals surface area (Å²) in [5.41, 5.74) is 4.42.